The summed E-state index contributed by atoms with van der Waals surface area (Å²) in [6.07, 6.45) is 3.66. The standard InChI is InChI=1S/C15H19ClN4OS/c1-11(17-8-2-3-9-21)10-14-19-15(22-20-14)18-13-6-4-12(16)5-7-13/h4-7,10,17,21H,2-3,8-9H2,1H3,(H,18,19,20)/b11-10+. The zero-order chi connectivity index (χ0) is 15.8. The van der Waals surface area contributed by atoms with E-state index in [1.165, 1.54) is 11.5 Å². The molecule has 5 nitrogen and oxygen atoms in total. The molecule has 1 heterocycles. The van der Waals surface area contributed by atoms with Crippen molar-refractivity contribution >= 4 is 40.0 Å². The maximum absolute atomic E-state index is 8.73. The van der Waals surface area contributed by atoms with Gasteiger partial charge in [-0.1, -0.05) is 11.6 Å². The van der Waals surface area contributed by atoms with Gasteiger partial charge >= 0.3 is 0 Å². The molecular formula is C15H19ClN4OS. The lowest BCUT2D eigenvalue weighted by Gasteiger charge is -2.04. The highest BCUT2D eigenvalue weighted by Gasteiger charge is 2.03. The van der Waals surface area contributed by atoms with Crippen molar-refractivity contribution < 1.29 is 5.11 Å². The van der Waals surface area contributed by atoms with Crippen LogP contribution in [0.2, 0.25) is 5.02 Å². The molecule has 1 aromatic heterocycles. The van der Waals surface area contributed by atoms with E-state index in [0.717, 1.165) is 35.9 Å². The molecule has 0 aliphatic carbocycles. The van der Waals surface area contributed by atoms with Crippen LogP contribution in [0.25, 0.3) is 6.08 Å². The van der Waals surface area contributed by atoms with Gasteiger partial charge in [0.2, 0.25) is 5.13 Å². The summed E-state index contributed by atoms with van der Waals surface area (Å²) in [6.45, 7) is 3.05. The van der Waals surface area contributed by atoms with Crippen molar-refractivity contribution in [3.8, 4) is 0 Å². The molecular weight excluding hydrogens is 320 g/mol. The first-order valence-electron chi connectivity index (χ1n) is 7.06. The topological polar surface area (TPSA) is 70.1 Å². The lowest BCUT2D eigenvalue weighted by atomic mass is 10.3. The summed E-state index contributed by atoms with van der Waals surface area (Å²) in [6, 6.07) is 7.44. The molecule has 2 aromatic rings. The molecule has 1 aromatic carbocycles. The summed E-state index contributed by atoms with van der Waals surface area (Å²) in [4.78, 5) is 4.42. The van der Waals surface area contributed by atoms with Crippen LogP contribution in [0.5, 0.6) is 0 Å². The second kappa shape index (κ2) is 8.73. The van der Waals surface area contributed by atoms with Crippen LogP contribution in [0.3, 0.4) is 0 Å². The molecule has 2 rings (SSSR count). The van der Waals surface area contributed by atoms with Crippen molar-refractivity contribution in [3.05, 3.63) is 40.8 Å². The minimum atomic E-state index is 0.234. The summed E-state index contributed by atoms with van der Waals surface area (Å²) in [5, 5.41) is 16.6. The molecule has 22 heavy (non-hydrogen) atoms. The van der Waals surface area contributed by atoms with Gasteiger partial charge in [-0.25, -0.2) is 0 Å². The lowest BCUT2D eigenvalue weighted by molar-refractivity contribution is 0.284. The average Bonchev–Trinajstić information content (AvgIpc) is 2.93. The SMILES string of the molecule is C/C(=C\c1nsc(Nc2ccc(Cl)cc2)n1)NCCCCO. The van der Waals surface area contributed by atoms with Crippen molar-refractivity contribution in [2.45, 2.75) is 19.8 Å². The highest BCUT2D eigenvalue weighted by atomic mass is 35.5. The Morgan fingerprint density at radius 1 is 1.32 bits per heavy atom. The van der Waals surface area contributed by atoms with E-state index in [-0.39, 0.29) is 6.61 Å². The van der Waals surface area contributed by atoms with Crippen molar-refractivity contribution in [1.29, 1.82) is 0 Å². The molecule has 0 aliphatic rings. The highest BCUT2D eigenvalue weighted by molar-refractivity contribution is 7.09. The predicted octanol–water partition coefficient (Wildman–Crippen LogP) is 3.66. The fourth-order valence-corrected chi connectivity index (χ4v) is 2.47. The molecule has 0 fully saturated rings. The number of halogens is 1. The van der Waals surface area contributed by atoms with Gasteiger partial charge < -0.3 is 15.7 Å². The molecule has 0 bridgehead atoms. The summed E-state index contributed by atoms with van der Waals surface area (Å²) in [7, 11) is 0. The molecule has 0 spiro atoms. The number of allylic oxidation sites excluding steroid dienone is 1. The van der Waals surface area contributed by atoms with Crippen LogP contribution in [0.1, 0.15) is 25.6 Å². The zero-order valence-electron chi connectivity index (χ0n) is 12.3. The van der Waals surface area contributed by atoms with Gasteiger partial charge in [-0.05, 0) is 44.0 Å². The first kappa shape index (κ1) is 16.7. The van der Waals surface area contributed by atoms with Gasteiger partial charge in [0.15, 0.2) is 5.82 Å². The Hall–Kier alpha value is -1.63. The van der Waals surface area contributed by atoms with Crippen LogP contribution >= 0.6 is 23.1 Å². The normalized spacial score (nSPS) is 11.5. The van der Waals surface area contributed by atoms with Gasteiger partial charge in [-0.3, -0.25) is 0 Å². The van der Waals surface area contributed by atoms with Crippen molar-refractivity contribution in [2.24, 2.45) is 0 Å². The Balaban J connectivity index is 1.89. The third-order valence-corrected chi connectivity index (χ3v) is 3.77. The summed E-state index contributed by atoms with van der Waals surface area (Å²) >= 11 is 7.17. The zero-order valence-corrected chi connectivity index (χ0v) is 13.9. The van der Waals surface area contributed by atoms with Crippen LogP contribution in [0, 0.1) is 0 Å². The van der Waals surface area contributed by atoms with Gasteiger partial charge in [-0.2, -0.15) is 9.36 Å². The second-order valence-corrected chi connectivity index (χ2v) is 5.96. The Morgan fingerprint density at radius 2 is 2.09 bits per heavy atom. The van der Waals surface area contributed by atoms with E-state index in [0.29, 0.717) is 10.8 Å². The molecule has 0 saturated carbocycles. The van der Waals surface area contributed by atoms with E-state index in [2.05, 4.69) is 20.0 Å². The Labute approximate surface area is 139 Å². The number of aliphatic hydroxyl groups is 1. The van der Waals surface area contributed by atoms with Crippen LogP contribution < -0.4 is 10.6 Å². The van der Waals surface area contributed by atoms with Crippen molar-refractivity contribution in [2.75, 3.05) is 18.5 Å². The molecule has 0 saturated heterocycles. The minimum Gasteiger partial charge on any atom is -0.396 e. The molecule has 3 N–H and O–H groups in total. The van der Waals surface area contributed by atoms with Crippen molar-refractivity contribution in [3.63, 3.8) is 0 Å². The van der Waals surface area contributed by atoms with Crippen LogP contribution in [-0.2, 0) is 0 Å². The maximum atomic E-state index is 8.73. The summed E-state index contributed by atoms with van der Waals surface area (Å²) in [5.74, 6) is 0.675. The van der Waals surface area contributed by atoms with Crippen LogP contribution in [0.15, 0.2) is 30.0 Å². The number of hydrogen-bond donors (Lipinski definition) is 3. The number of nitrogens with zero attached hydrogens (tertiary/aromatic N) is 2. The van der Waals surface area contributed by atoms with E-state index in [4.69, 9.17) is 16.7 Å². The predicted molar refractivity (Wildman–Crippen MR) is 92.6 cm³/mol. The van der Waals surface area contributed by atoms with E-state index >= 15 is 0 Å². The van der Waals surface area contributed by atoms with E-state index in [1.54, 1.807) is 0 Å². The fraction of sp³-hybridized carbons (Fsp3) is 0.333. The number of unbranched alkanes of at least 4 members (excludes halogenated alkanes) is 1. The Kier molecular flexibility index (Phi) is 6.64. The molecule has 0 atom stereocenters. The van der Waals surface area contributed by atoms with Gasteiger partial charge in [0.1, 0.15) is 0 Å². The molecule has 0 amide bonds. The first-order chi connectivity index (χ1) is 10.7. The Morgan fingerprint density at radius 3 is 2.82 bits per heavy atom. The molecule has 0 radical (unpaired) electrons. The van der Waals surface area contributed by atoms with Gasteiger partial charge in [0.25, 0.3) is 0 Å². The largest absolute Gasteiger partial charge is 0.396 e. The van der Waals surface area contributed by atoms with E-state index in [9.17, 15) is 0 Å². The van der Waals surface area contributed by atoms with E-state index < -0.39 is 0 Å². The smallest absolute Gasteiger partial charge is 0.207 e. The quantitative estimate of drug-likeness (QED) is 0.641. The number of anilines is 2. The Bertz CT molecular complexity index is 612. The molecule has 118 valence electrons. The van der Waals surface area contributed by atoms with E-state index in [1.807, 2.05) is 37.3 Å². The van der Waals surface area contributed by atoms with Crippen LogP contribution in [-0.4, -0.2) is 27.6 Å². The number of benzene rings is 1. The van der Waals surface area contributed by atoms with Gasteiger partial charge in [-0.15, -0.1) is 0 Å². The third kappa shape index (κ3) is 5.63. The number of aliphatic hydroxyl groups excluding tert-OH is 1. The minimum absolute atomic E-state index is 0.234. The number of hydrogen-bond acceptors (Lipinski definition) is 6. The highest BCUT2D eigenvalue weighted by Crippen LogP contribution is 2.20. The molecule has 0 unspecified atom stereocenters. The van der Waals surface area contributed by atoms with Gasteiger partial charge in [0.05, 0.1) is 0 Å². The maximum Gasteiger partial charge on any atom is 0.207 e. The number of nitrogens with one attached hydrogen (secondary N) is 2. The number of rotatable bonds is 8. The second-order valence-electron chi connectivity index (χ2n) is 4.77. The van der Waals surface area contributed by atoms with Gasteiger partial charge in [0, 0.05) is 47.2 Å². The molecule has 7 heteroatoms. The average molecular weight is 339 g/mol. The van der Waals surface area contributed by atoms with Crippen LogP contribution in [0.4, 0.5) is 10.8 Å². The first-order valence-corrected chi connectivity index (χ1v) is 8.22. The monoisotopic (exact) mass is 338 g/mol. The molecule has 0 aliphatic heterocycles. The van der Waals surface area contributed by atoms with Crippen molar-refractivity contribution in [1.82, 2.24) is 14.7 Å². The third-order valence-electron chi connectivity index (χ3n) is 2.87. The summed E-state index contributed by atoms with van der Waals surface area (Å²) < 4.78 is 4.30. The fourth-order valence-electron chi connectivity index (χ4n) is 1.77. The summed E-state index contributed by atoms with van der Waals surface area (Å²) in [5.41, 5.74) is 1.93. The number of aromatic nitrogens is 2. The lowest BCUT2D eigenvalue weighted by Crippen LogP contribution is -2.12.